The Balaban J connectivity index is 0.00000364. The van der Waals surface area contributed by atoms with Gasteiger partial charge in [0.15, 0.2) is 0 Å². The topological polar surface area (TPSA) is 62.8 Å². The molecule has 2 aromatic rings. The Morgan fingerprint density at radius 3 is 2.30 bits per heavy atom. The van der Waals surface area contributed by atoms with E-state index in [1.165, 1.54) is 0 Å². The van der Waals surface area contributed by atoms with Crippen LogP contribution in [0.5, 0.6) is 11.5 Å². The molecule has 2 amide bonds. The predicted octanol–water partition coefficient (Wildman–Crippen LogP) is 3.75. The van der Waals surface area contributed by atoms with Gasteiger partial charge in [0.1, 0.15) is 11.5 Å². The molecule has 0 radical (unpaired) electrons. The molecule has 2 rings (SSSR count). The molecule has 1 atom stereocenters. The van der Waals surface area contributed by atoms with Gasteiger partial charge in [-0.3, -0.25) is 0 Å². The molecule has 6 nitrogen and oxygen atoms in total. The molecule has 2 aromatic carbocycles. The molecule has 0 aliphatic carbocycles. The molecule has 0 heterocycles. The van der Waals surface area contributed by atoms with Crippen LogP contribution in [0.2, 0.25) is 0 Å². The predicted molar refractivity (Wildman–Crippen MR) is 111 cm³/mol. The van der Waals surface area contributed by atoms with Crippen LogP contribution in [-0.4, -0.2) is 34.3 Å². The maximum atomic E-state index is 12.2. The van der Waals surface area contributed by atoms with Crippen LogP contribution >= 0.6 is 12.4 Å². The zero-order valence-electron chi connectivity index (χ0n) is 16.4. The molecule has 0 saturated carbocycles. The van der Waals surface area contributed by atoms with Gasteiger partial charge in [-0.15, -0.1) is 12.4 Å². The maximum Gasteiger partial charge on any atom is 0.315 e. The van der Waals surface area contributed by atoms with Crippen molar-refractivity contribution in [2.24, 2.45) is 0 Å². The van der Waals surface area contributed by atoms with Crippen molar-refractivity contribution in [3.05, 3.63) is 53.6 Å². The molecule has 0 bridgehead atoms. The molecule has 0 spiro atoms. The summed E-state index contributed by atoms with van der Waals surface area (Å²) in [5.41, 5.74) is 3.02. The van der Waals surface area contributed by atoms with Crippen molar-refractivity contribution in [2.75, 3.05) is 33.2 Å². The first-order chi connectivity index (χ1) is 12.4. The summed E-state index contributed by atoms with van der Waals surface area (Å²) in [6.45, 7) is 2.37. The average molecular weight is 394 g/mol. The molecule has 0 aliphatic heterocycles. The van der Waals surface area contributed by atoms with Gasteiger partial charge in [-0.25, -0.2) is 4.79 Å². The lowest BCUT2D eigenvalue weighted by Gasteiger charge is -2.19. The van der Waals surface area contributed by atoms with E-state index in [9.17, 15) is 4.79 Å². The van der Waals surface area contributed by atoms with E-state index in [4.69, 9.17) is 9.47 Å². The fourth-order valence-corrected chi connectivity index (χ4v) is 2.60. The molecule has 0 aliphatic rings. The first kappa shape index (κ1) is 22.4. The number of carbonyl (C=O) groups excluding carboxylic acids is 1. The molecule has 2 N–H and O–H groups in total. The van der Waals surface area contributed by atoms with Crippen molar-refractivity contribution < 1.29 is 14.3 Å². The summed E-state index contributed by atoms with van der Waals surface area (Å²) in [4.78, 5) is 14.3. The minimum absolute atomic E-state index is 0. The number of anilines is 1. The van der Waals surface area contributed by atoms with Crippen molar-refractivity contribution in [1.82, 2.24) is 10.6 Å². The molecule has 0 fully saturated rings. The van der Waals surface area contributed by atoms with Gasteiger partial charge in [0.05, 0.1) is 20.3 Å². The van der Waals surface area contributed by atoms with Crippen molar-refractivity contribution in [3.8, 4) is 11.5 Å². The van der Waals surface area contributed by atoms with Crippen LogP contribution in [0.1, 0.15) is 24.1 Å². The van der Waals surface area contributed by atoms with Crippen LogP contribution in [0.3, 0.4) is 0 Å². The normalized spacial score (nSPS) is 11.0. The maximum absolute atomic E-state index is 12.2. The summed E-state index contributed by atoms with van der Waals surface area (Å²) in [5.74, 6) is 1.42. The Kier molecular flexibility index (Phi) is 8.75. The number of benzene rings is 2. The quantitative estimate of drug-likeness (QED) is 0.752. The second-order valence-electron chi connectivity index (χ2n) is 6.22. The van der Waals surface area contributed by atoms with Crippen LogP contribution in [0.15, 0.2) is 42.5 Å². The van der Waals surface area contributed by atoms with E-state index < -0.39 is 0 Å². The highest BCUT2D eigenvalue weighted by Crippen LogP contribution is 2.29. The molecule has 27 heavy (non-hydrogen) atoms. The first-order valence-electron chi connectivity index (χ1n) is 8.47. The number of hydrogen-bond acceptors (Lipinski definition) is 4. The van der Waals surface area contributed by atoms with Gasteiger partial charge in [0.25, 0.3) is 0 Å². The highest BCUT2D eigenvalue weighted by molar-refractivity contribution is 5.85. The molecule has 0 saturated heterocycles. The van der Waals surface area contributed by atoms with E-state index in [-0.39, 0.29) is 24.5 Å². The van der Waals surface area contributed by atoms with Crippen molar-refractivity contribution in [3.63, 3.8) is 0 Å². The Bertz CT molecular complexity index is 736. The highest BCUT2D eigenvalue weighted by atomic mass is 35.5. The summed E-state index contributed by atoms with van der Waals surface area (Å²) in [7, 11) is 7.21. The van der Waals surface area contributed by atoms with Gasteiger partial charge in [0, 0.05) is 31.9 Å². The van der Waals surface area contributed by atoms with Gasteiger partial charge in [0.2, 0.25) is 0 Å². The van der Waals surface area contributed by atoms with Gasteiger partial charge in [-0.2, -0.15) is 0 Å². The third-order valence-electron chi connectivity index (χ3n) is 4.16. The number of hydrogen-bond donors (Lipinski definition) is 2. The minimum Gasteiger partial charge on any atom is -0.497 e. The van der Waals surface area contributed by atoms with Crippen molar-refractivity contribution in [1.29, 1.82) is 0 Å². The number of halogens is 1. The fraction of sp³-hybridized carbons (Fsp3) is 0.350. The molecular formula is C20H28ClN3O3. The number of amides is 2. The zero-order chi connectivity index (χ0) is 19.1. The van der Waals surface area contributed by atoms with Crippen LogP contribution in [0.25, 0.3) is 0 Å². The SMILES string of the molecule is COc1ccc(OC)c(C(C)NC(=O)NCc2ccc(N(C)C)cc2)c1.Cl. The van der Waals surface area contributed by atoms with E-state index in [0.29, 0.717) is 12.3 Å². The molecule has 0 aromatic heterocycles. The Hall–Kier alpha value is -2.60. The summed E-state index contributed by atoms with van der Waals surface area (Å²) in [6, 6.07) is 13.1. The van der Waals surface area contributed by atoms with Gasteiger partial charge in [-0.1, -0.05) is 12.1 Å². The molecule has 1 unspecified atom stereocenters. The van der Waals surface area contributed by atoms with Crippen LogP contribution in [0, 0.1) is 0 Å². The Morgan fingerprint density at radius 1 is 1.07 bits per heavy atom. The summed E-state index contributed by atoms with van der Waals surface area (Å²) in [5, 5.41) is 5.81. The van der Waals surface area contributed by atoms with E-state index in [0.717, 1.165) is 22.6 Å². The number of nitrogens with zero attached hydrogens (tertiary/aromatic N) is 1. The zero-order valence-corrected chi connectivity index (χ0v) is 17.2. The fourth-order valence-electron chi connectivity index (χ4n) is 2.60. The van der Waals surface area contributed by atoms with Crippen molar-refractivity contribution in [2.45, 2.75) is 19.5 Å². The van der Waals surface area contributed by atoms with Gasteiger partial charge >= 0.3 is 6.03 Å². The summed E-state index contributed by atoms with van der Waals surface area (Å²) >= 11 is 0. The second kappa shape index (κ2) is 10.5. The highest BCUT2D eigenvalue weighted by Gasteiger charge is 2.15. The van der Waals surface area contributed by atoms with Crippen LogP contribution in [-0.2, 0) is 6.54 Å². The Labute approximate surface area is 167 Å². The number of carbonyl (C=O) groups is 1. The average Bonchev–Trinajstić information content (AvgIpc) is 2.66. The Morgan fingerprint density at radius 2 is 1.74 bits per heavy atom. The smallest absolute Gasteiger partial charge is 0.315 e. The minimum atomic E-state index is -0.237. The van der Waals surface area contributed by atoms with E-state index in [1.807, 2.05) is 68.4 Å². The lowest BCUT2D eigenvalue weighted by Crippen LogP contribution is -2.36. The standard InChI is InChI=1S/C20H27N3O3.ClH/c1-14(18-12-17(25-4)10-11-19(18)26-5)22-20(24)21-13-15-6-8-16(9-7-15)23(2)3;/h6-12,14H,13H2,1-5H3,(H2,21,22,24);1H. The van der Waals surface area contributed by atoms with Gasteiger partial charge < -0.3 is 25.0 Å². The lowest BCUT2D eigenvalue weighted by molar-refractivity contribution is 0.237. The van der Waals surface area contributed by atoms with E-state index in [1.54, 1.807) is 14.2 Å². The van der Waals surface area contributed by atoms with Crippen molar-refractivity contribution >= 4 is 24.1 Å². The third-order valence-corrected chi connectivity index (χ3v) is 4.16. The lowest BCUT2D eigenvalue weighted by atomic mass is 10.1. The second-order valence-corrected chi connectivity index (χ2v) is 6.22. The number of urea groups is 1. The van der Waals surface area contributed by atoms with E-state index in [2.05, 4.69) is 10.6 Å². The monoisotopic (exact) mass is 393 g/mol. The number of ether oxygens (including phenoxy) is 2. The number of nitrogens with one attached hydrogen (secondary N) is 2. The largest absolute Gasteiger partial charge is 0.497 e. The summed E-state index contributed by atoms with van der Waals surface area (Å²) < 4.78 is 10.6. The van der Waals surface area contributed by atoms with E-state index >= 15 is 0 Å². The first-order valence-corrected chi connectivity index (χ1v) is 8.47. The van der Waals surface area contributed by atoms with Crippen LogP contribution < -0.4 is 25.0 Å². The number of methoxy groups -OCH3 is 2. The van der Waals surface area contributed by atoms with Crippen LogP contribution in [0.4, 0.5) is 10.5 Å². The third kappa shape index (κ3) is 6.25. The molecular weight excluding hydrogens is 366 g/mol. The molecule has 148 valence electrons. The molecule has 7 heteroatoms. The number of rotatable bonds is 7. The summed E-state index contributed by atoms with van der Waals surface area (Å²) in [6.07, 6.45) is 0. The van der Waals surface area contributed by atoms with Gasteiger partial charge in [-0.05, 0) is 42.8 Å².